The Morgan fingerprint density at radius 1 is 1.29 bits per heavy atom. The van der Waals surface area contributed by atoms with Crippen LogP contribution in [0.4, 0.5) is 0 Å². The minimum Gasteiger partial charge on any atom is -0.409 e. The normalized spacial score (nSPS) is 29.4. The van der Waals surface area contributed by atoms with Gasteiger partial charge in [0, 0.05) is 31.1 Å². The molecule has 2 rings (SSSR count). The van der Waals surface area contributed by atoms with Gasteiger partial charge in [0.25, 0.3) is 10.2 Å². The van der Waals surface area contributed by atoms with Crippen molar-refractivity contribution in [2.45, 2.75) is 52.0 Å². The summed E-state index contributed by atoms with van der Waals surface area (Å²) in [4.78, 5) is 0. The summed E-state index contributed by atoms with van der Waals surface area (Å²) in [5.41, 5.74) is 5.30. The van der Waals surface area contributed by atoms with Crippen LogP contribution in [0.15, 0.2) is 5.16 Å². The van der Waals surface area contributed by atoms with Crippen LogP contribution in [0.5, 0.6) is 0 Å². The van der Waals surface area contributed by atoms with Crippen LogP contribution < -0.4 is 5.73 Å². The third-order valence-corrected chi connectivity index (χ3v) is 7.07. The molecule has 2 fully saturated rings. The maximum Gasteiger partial charge on any atom is 0.282 e. The first kappa shape index (κ1) is 16.5. The van der Waals surface area contributed by atoms with Gasteiger partial charge in [-0.15, -0.1) is 0 Å². The maximum absolute atomic E-state index is 12.7. The Balaban J connectivity index is 2.07. The summed E-state index contributed by atoms with van der Waals surface area (Å²) in [5, 5.41) is 11.9. The highest BCUT2D eigenvalue weighted by Crippen LogP contribution is 2.33. The fourth-order valence-electron chi connectivity index (χ4n) is 3.15. The number of hydrogen-bond acceptors (Lipinski definition) is 4. The van der Waals surface area contributed by atoms with E-state index in [2.05, 4.69) is 5.16 Å². The quantitative estimate of drug-likeness (QED) is 0.350. The first-order chi connectivity index (χ1) is 9.81. The second-order valence-corrected chi connectivity index (χ2v) is 8.29. The van der Waals surface area contributed by atoms with Crippen LogP contribution in [-0.2, 0) is 10.2 Å². The van der Waals surface area contributed by atoms with Crippen LogP contribution >= 0.6 is 0 Å². The minimum absolute atomic E-state index is 0.0705. The Hall–Kier alpha value is -0.860. The maximum atomic E-state index is 12.7. The standard InChI is InChI=1S/C13H26N4O3S/c1-11-5-3-4-8-17(11)21(19,20)16-9-6-13(2,7-10-16)12(14)15-18/h11,18H,3-10H2,1-2H3,(H2,14,15). The number of amidine groups is 1. The lowest BCUT2D eigenvalue weighted by atomic mass is 9.80. The van der Waals surface area contributed by atoms with E-state index >= 15 is 0 Å². The summed E-state index contributed by atoms with van der Waals surface area (Å²) in [6.07, 6.45) is 4.09. The third-order valence-electron chi connectivity index (χ3n) is 4.92. The monoisotopic (exact) mass is 318 g/mol. The first-order valence-corrected chi connectivity index (χ1v) is 8.96. The fraction of sp³-hybridized carbons (Fsp3) is 0.923. The van der Waals surface area contributed by atoms with Gasteiger partial charge in [0.05, 0.1) is 0 Å². The molecule has 0 aromatic carbocycles. The van der Waals surface area contributed by atoms with Gasteiger partial charge in [-0.2, -0.15) is 17.0 Å². The van der Waals surface area contributed by atoms with E-state index < -0.39 is 15.6 Å². The second-order valence-electron chi connectivity index (χ2n) is 6.41. The van der Waals surface area contributed by atoms with Gasteiger partial charge in [-0.25, -0.2) is 0 Å². The van der Waals surface area contributed by atoms with Crippen LogP contribution in [0.3, 0.4) is 0 Å². The smallest absolute Gasteiger partial charge is 0.282 e. The predicted octanol–water partition coefficient (Wildman–Crippen LogP) is 0.954. The zero-order valence-corrected chi connectivity index (χ0v) is 13.6. The van der Waals surface area contributed by atoms with Gasteiger partial charge in [0.15, 0.2) is 0 Å². The molecule has 0 spiro atoms. The van der Waals surface area contributed by atoms with Crippen LogP contribution in [0.2, 0.25) is 0 Å². The van der Waals surface area contributed by atoms with E-state index in [1.165, 1.54) is 0 Å². The molecule has 0 radical (unpaired) electrons. The molecule has 0 amide bonds. The SMILES string of the molecule is CC1CCCCN1S(=O)(=O)N1CCC(C)(C(N)=NO)CC1. The second kappa shape index (κ2) is 6.10. The molecule has 0 aliphatic carbocycles. The summed E-state index contributed by atoms with van der Waals surface area (Å²) in [6.45, 7) is 5.32. The van der Waals surface area contributed by atoms with Gasteiger partial charge >= 0.3 is 0 Å². The molecule has 122 valence electrons. The van der Waals surface area contributed by atoms with Crippen LogP contribution in [0.1, 0.15) is 46.0 Å². The van der Waals surface area contributed by atoms with Crippen LogP contribution in [0.25, 0.3) is 0 Å². The van der Waals surface area contributed by atoms with Crippen molar-refractivity contribution in [2.24, 2.45) is 16.3 Å². The van der Waals surface area contributed by atoms with Crippen LogP contribution in [-0.4, -0.2) is 53.7 Å². The molecule has 21 heavy (non-hydrogen) atoms. The molecule has 1 unspecified atom stereocenters. The molecule has 0 saturated carbocycles. The van der Waals surface area contributed by atoms with Crippen molar-refractivity contribution in [2.75, 3.05) is 19.6 Å². The van der Waals surface area contributed by atoms with Crippen LogP contribution in [0, 0.1) is 5.41 Å². The Labute approximate surface area is 127 Å². The average Bonchev–Trinajstić information content (AvgIpc) is 2.47. The van der Waals surface area contributed by atoms with Crippen molar-refractivity contribution in [3.8, 4) is 0 Å². The zero-order valence-electron chi connectivity index (χ0n) is 12.8. The minimum atomic E-state index is -3.39. The summed E-state index contributed by atoms with van der Waals surface area (Å²) < 4.78 is 28.7. The average molecular weight is 318 g/mol. The predicted molar refractivity (Wildman–Crippen MR) is 81.3 cm³/mol. The van der Waals surface area contributed by atoms with E-state index in [0.717, 1.165) is 19.3 Å². The van der Waals surface area contributed by atoms with Crippen molar-refractivity contribution in [3.63, 3.8) is 0 Å². The van der Waals surface area contributed by atoms with E-state index in [-0.39, 0.29) is 11.9 Å². The number of piperidine rings is 2. The van der Waals surface area contributed by atoms with E-state index in [1.807, 2.05) is 13.8 Å². The van der Waals surface area contributed by atoms with Crippen molar-refractivity contribution < 1.29 is 13.6 Å². The van der Waals surface area contributed by atoms with Crippen molar-refractivity contribution in [1.29, 1.82) is 0 Å². The number of oxime groups is 1. The molecule has 1 atom stereocenters. The highest BCUT2D eigenvalue weighted by molar-refractivity contribution is 7.86. The van der Waals surface area contributed by atoms with E-state index in [4.69, 9.17) is 10.9 Å². The summed E-state index contributed by atoms with van der Waals surface area (Å²) >= 11 is 0. The molecule has 2 aliphatic heterocycles. The molecule has 2 heterocycles. The lowest BCUT2D eigenvalue weighted by Crippen LogP contribution is -2.54. The van der Waals surface area contributed by atoms with Crippen molar-refractivity contribution >= 4 is 16.0 Å². The molecule has 8 heteroatoms. The highest BCUT2D eigenvalue weighted by atomic mass is 32.2. The lowest BCUT2D eigenvalue weighted by Gasteiger charge is -2.41. The summed E-state index contributed by atoms with van der Waals surface area (Å²) in [6, 6.07) is 0.0705. The molecule has 0 aromatic heterocycles. The van der Waals surface area contributed by atoms with E-state index in [9.17, 15) is 8.42 Å². The molecule has 0 aromatic rings. The highest BCUT2D eigenvalue weighted by Gasteiger charge is 2.41. The van der Waals surface area contributed by atoms with Gasteiger partial charge < -0.3 is 10.9 Å². The summed E-state index contributed by atoms with van der Waals surface area (Å²) in [5.74, 6) is 0.186. The number of nitrogens with two attached hydrogens (primary N) is 1. The van der Waals surface area contributed by atoms with Gasteiger partial charge in [0.1, 0.15) is 5.84 Å². The van der Waals surface area contributed by atoms with Crippen molar-refractivity contribution in [3.05, 3.63) is 0 Å². The topological polar surface area (TPSA) is 99.2 Å². The van der Waals surface area contributed by atoms with Gasteiger partial charge in [-0.1, -0.05) is 18.5 Å². The number of hydrogen-bond donors (Lipinski definition) is 2. The Bertz CT molecular complexity index is 498. The molecule has 3 N–H and O–H groups in total. The van der Waals surface area contributed by atoms with Gasteiger partial charge in [-0.05, 0) is 32.6 Å². The van der Waals surface area contributed by atoms with Gasteiger partial charge in [-0.3, -0.25) is 0 Å². The van der Waals surface area contributed by atoms with Crippen molar-refractivity contribution in [1.82, 2.24) is 8.61 Å². The zero-order chi connectivity index (χ0) is 15.7. The molecule has 0 bridgehead atoms. The Morgan fingerprint density at radius 3 is 2.43 bits per heavy atom. The molecular formula is C13H26N4O3S. The van der Waals surface area contributed by atoms with E-state index in [1.54, 1.807) is 8.61 Å². The largest absolute Gasteiger partial charge is 0.409 e. The molecule has 2 saturated heterocycles. The lowest BCUT2D eigenvalue weighted by molar-refractivity contribution is 0.200. The third kappa shape index (κ3) is 3.17. The summed E-state index contributed by atoms with van der Waals surface area (Å²) in [7, 11) is -3.39. The number of rotatable bonds is 3. The van der Waals surface area contributed by atoms with E-state index in [0.29, 0.717) is 32.5 Å². The number of nitrogens with zero attached hydrogens (tertiary/aromatic N) is 3. The molecular weight excluding hydrogens is 292 g/mol. The molecule has 2 aliphatic rings. The fourth-order valence-corrected chi connectivity index (χ4v) is 5.01. The molecule has 7 nitrogen and oxygen atoms in total. The van der Waals surface area contributed by atoms with Gasteiger partial charge in [0.2, 0.25) is 0 Å². The Kier molecular flexibility index (Phi) is 4.79. The first-order valence-electron chi connectivity index (χ1n) is 7.56. The Morgan fingerprint density at radius 2 is 1.90 bits per heavy atom.